The number of Topliss-reactive ketones (excluding diaryl/α,β-unsaturated/α-hetero) is 1. The summed E-state index contributed by atoms with van der Waals surface area (Å²) in [5, 5.41) is 0. The fourth-order valence-electron chi connectivity index (χ4n) is 3.03. The van der Waals surface area contributed by atoms with E-state index in [9.17, 15) is 9.59 Å². The van der Waals surface area contributed by atoms with E-state index in [2.05, 4.69) is 6.92 Å². The maximum atomic E-state index is 12.3. The van der Waals surface area contributed by atoms with Crippen LogP contribution in [0.2, 0.25) is 0 Å². The van der Waals surface area contributed by atoms with Crippen molar-refractivity contribution in [3.8, 4) is 5.75 Å². The molecule has 0 bridgehead atoms. The minimum atomic E-state index is -0.394. The molecule has 3 nitrogen and oxygen atoms in total. The summed E-state index contributed by atoms with van der Waals surface area (Å²) in [5.74, 6) is 0.0470. The van der Waals surface area contributed by atoms with Gasteiger partial charge in [0.15, 0.2) is 5.78 Å². The van der Waals surface area contributed by atoms with Crippen LogP contribution in [0, 0.1) is 0 Å². The molecule has 0 radical (unpaired) electrons. The molecule has 0 heterocycles. The van der Waals surface area contributed by atoms with Gasteiger partial charge < -0.3 is 4.74 Å². The summed E-state index contributed by atoms with van der Waals surface area (Å²) in [4.78, 5) is 23.4. The second kappa shape index (κ2) is 13.6. The van der Waals surface area contributed by atoms with Crippen molar-refractivity contribution < 1.29 is 14.3 Å². The van der Waals surface area contributed by atoms with Crippen molar-refractivity contribution >= 4 is 11.8 Å². The molecule has 0 N–H and O–H groups in total. The molecule has 25 heavy (non-hydrogen) atoms. The molecule has 0 aliphatic carbocycles. The van der Waals surface area contributed by atoms with E-state index in [0.717, 1.165) is 12.8 Å². The first-order chi connectivity index (χ1) is 12.1. The molecule has 0 aliphatic heterocycles. The quantitative estimate of drug-likeness (QED) is 0.167. The lowest BCUT2D eigenvalue weighted by Crippen LogP contribution is -2.07. The normalized spacial score (nSPS) is 10.6. The number of benzene rings is 1. The van der Waals surface area contributed by atoms with Gasteiger partial charge in [0.25, 0.3) is 0 Å². The number of hydrogen-bond acceptors (Lipinski definition) is 3. The highest BCUT2D eigenvalue weighted by atomic mass is 16.5. The first-order valence-corrected chi connectivity index (χ1v) is 9.95. The van der Waals surface area contributed by atoms with Gasteiger partial charge in [0.2, 0.25) is 0 Å². The molecule has 0 saturated heterocycles. The smallest absolute Gasteiger partial charge is 0.308 e. The predicted octanol–water partition coefficient (Wildman–Crippen LogP) is 6.50. The summed E-state index contributed by atoms with van der Waals surface area (Å²) in [6, 6.07) is 6.99. The zero-order valence-corrected chi connectivity index (χ0v) is 16.0. The van der Waals surface area contributed by atoms with Crippen LogP contribution in [0.4, 0.5) is 0 Å². The Morgan fingerprint density at radius 1 is 0.800 bits per heavy atom. The topological polar surface area (TPSA) is 43.4 Å². The lowest BCUT2D eigenvalue weighted by molar-refractivity contribution is -0.131. The highest BCUT2D eigenvalue weighted by Crippen LogP contribution is 2.21. The van der Waals surface area contributed by atoms with E-state index in [1.54, 1.807) is 24.3 Å². The first-order valence-electron chi connectivity index (χ1n) is 9.95. The highest BCUT2D eigenvalue weighted by Gasteiger charge is 2.12. The first kappa shape index (κ1) is 21.4. The van der Waals surface area contributed by atoms with Crippen molar-refractivity contribution in [3.63, 3.8) is 0 Å². The molecule has 0 aromatic heterocycles. The molecule has 1 aromatic carbocycles. The number of rotatable bonds is 14. The summed E-state index contributed by atoms with van der Waals surface area (Å²) >= 11 is 0. The molecule has 0 atom stereocenters. The van der Waals surface area contributed by atoms with Crippen LogP contribution >= 0.6 is 0 Å². The third-order valence-corrected chi connectivity index (χ3v) is 4.45. The predicted molar refractivity (Wildman–Crippen MR) is 103 cm³/mol. The third kappa shape index (κ3) is 10.1. The monoisotopic (exact) mass is 346 g/mol. The number of carbonyl (C=O) groups is 2. The molecular formula is C22H34O3. The fraction of sp³-hybridized carbons (Fsp3) is 0.636. The molecule has 140 valence electrons. The van der Waals surface area contributed by atoms with E-state index in [4.69, 9.17) is 4.74 Å². The number of carbonyl (C=O) groups excluding carboxylic acids is 2. The summed E-state index contributed by atoms with van der Waals surface area (Å²) < 4.78 is 5.11. The van der Waals surface area contributed by atoms with Crippen molar-refractivity contribution in [2.45, 2.75) is 90.9 Å². The Bertz CT molecular complexity index is 508. The molecule has 0 aliphatic rings. The number of esters is 1. The SMILES string of the molecule is CCCCCCCCCCCCCC(=O)c1ccccc1OC(C)=O. The van der Waals surface area contributed by atoms with E-state index in [1.807, 2.05) is 0 Å². The average molecular weight is 347 g/mol. The zero-order valence-electron chi connectivity index (χ0n) is 16.0. The Morgan fingerprint density at radius 2 is 1.32 bits per heavy atom. The maximum Gasteiger partial charge on any atom is 0.308 e. The van der Waals surface area contributed by atoms with Crippen molar-refractivity contribution in [2.75, 3.05) is 0 Å². The van der Waals surface area contributed by atoms with Gasteiger partial charge in [-0.2, -0.15) is 0 Å². The van der Waals surface area contributed by atoms with Gasteiger partial charge in [0.05, 0.1) is 5.56 Å². The van der Waals surface area contributed by atoms with Crippen molar-refractivity contribution in [1.29, 1.82) is 0 Å². The van der Waals surface area contributed by atoms with Gasteiger partial charge in [-0.25, -0.2) is 0 Å². The van der Waals surface area contributed by atoms with Gasteiger partial charge in [0.1, 0.15) is 5.75 Å². The Morgan fingerprint density at radius 3 is 1.88 bits per heavy atom. The molecular weight excluding hydrogens is 312 g/mol. The largest absolute Gasteiger partial charge is 0.426 e. The Hall–Kier alpha value is -1.64. The summed E-state index contributed by atoms with van der Waals surface area (Å²) in [7, 11) is 0. The van der Waals surface area contributed by atoms with Crippen LogP contribution in [0.25, 0.3) is 0 Å². The molecule has 1 aromatic rings. The minimum Gasteiger partial charge on any atom is -0.426 e. The number of hydrogen-bond donors (Lipinski definition) is 0. The van der Waals surface area contributed by atoms with Crippen LogP contribution in [-0.4, -0.2) is 11.8 Å². The van der Waals surface area contributed by atoms with E-state index >= 15 is 0 Å². The van der Waals surface area contributed by atoms with Crippen LogP contribution in [0.1, 0.15) is 101 Å². The van der Waals surface area contributed by atoms with Gasteiger partial charge >= 0.3 is 5.97 Å². The molecule has 1 rings (SSSR count). The minimum absolute atomic E-state index is 0.0628. The van der Waals surface area contributed by atoms with E-state index in [1.165, 1.54) is 64.7 Å². The van der Waals surface area contributed by atoms with E-state index in [-0.39, 0.29) is 5.78 Å². The molecule has 0 unspecified atom stereocenters. The maximum absolute atomic E-state index is 12.3. The van der Waals surface area contributed by atoms with Gasteiger partial charge in [-0.3, -0.25) is 9.59 Å². The van der Waals surface area contributed by atoms with Gasteiger partial charge in [-0.05, 0) is 18.6 Å². The van der Waals surface area contributed by atoms with Crippen LogP contribution in [0.3, 0.4) is 0 Å². The van der Waals surface area contributed by atoms with E-state index < -0.39 is 5.97 Å². The average Bonchev–Trinajstić information content (AvgIpc) is 2.59. The van der Waals surface area contributed by atoms with Crippen LogP contribution in [-0.2, 0) is 4.79 Å². The molecule has 0 fully saturated rings. The van der Waals surface area contributed by atoms with Gasteiger partial charge in [-0.1, -0.05) is 83.3 Å². The lowest BCUT2D eigenvalue weighted by atomic mass is 10.0. The number of ketones is 1. The molecule has 3 heteroatoms. The number of para-hydroxylation sites is 1. The fourth-order valence-corrected chi connectivity index (χ4v) is 3.03. The van der Waals surface area contributed by atoms with Crippen molar-refractivity contribution in [2.24, 2.45) is 0 Å². The Kier molecular flexibility index (Phi) is 11.7. The van der Waals surface area contributed by atoms with Crippen molar-refractivity contribution in [1.82, 2.24) is 0 Å². The van der Waals surface area contributed by atoms with Crippen molar-refractivity contribution in [3.05, 3.63) is 29.8 Å². The second-order valence-electron chi connectivity index (χ2n) is 6.80. The summed E-state index contributed by atoms with van der Waals surface area (Å²) in [6.07, 6.45) is 14.5. The van der Waals surface area contributed by atoms with Crippen LogP contribution in [0.15, 0.2) is 24.3 Å². The molecule has 0 saturated carbocycles. The Labute approximate surface area is 153 Å². The third-order valence-electron chi connectivity index (χ3n) is 4.45. The molecule has 0 spiro atoms. The van der Waals surface area contributed by atoms with E-state index in [0.29, 0.717) is 17.7 Å². The highest BCUT2D eigenvalue weighted by molar-refractivity contribution is 5.99. The van der Waals surface area contributed by atoms with Gasteiger partial charge in [0, 0.05) is 13.3 Å². The van der Waals surface area contributed by atoms with Crippen LogP contribution < -0.4 is 4.74 Å². The second-order valence-corrected chi connectivity index (χ2v) is 6.80. The number of ether oxygens (including phenoxy) is 1. The van der Waals surface area contributed by atoms with Crippen LogP contribution in [0.5, 0.6) is 5.75 Å². The zero-order chi connectivity index (χ0) is 18.3. The molecule has 0 amide bonds. The standard InChI is InChI=1S/C22H34O3/c1-3-4-5-6-7-8-9-10-11-12-13-17-21(24)20-16-14-15-18-22(20)25-19(2)23/h14-16,18H,3-13,17H2,1-2H3. The lowest BCUT2D eigenvalue weighted by Gasteiger charge is -2.08. The number of unbranched alkanes of at least 4 members (excludes halogenated alkanes) is 10. The Balaban J connectivity index is 2.12. The van der Waals surface area contributed by atoms with Gasteiger partial charge in [-0.15, -0.1) is 0 Å². The summed E-state index contributed by atoms with van der Waals surface area (Å²) in [5.41, 5.74) is 0.518. The summed E-state index contributed by atoms with van der Waals surface area (Å²) in [6.45, 7) is 3.60.